The van der Waals surface area contributed by atoms with Crippen molar-refractivity contribution in [1.82, 2.24) is 20.4 Å². The third-order valence-corrected chi connectivity index (χ3v) is 4.84. The highest BCUT2D eigenvalue weighted by molar-refractivity contribution is 7.99. The van der Waals surface area contributed by atoms with E-state index in [2.05, 4.69) is 48.2 Å². The highest BCUT2D eigenvalue weighted by atomic mass is 32.2. The van der Waals surface area contributed by atoms with Crippen LogP contribution in [0.1, 0.15) is 44.4 Å². The first-order valence-electron chi connectivity index (χ1n) is 6.98. The predicted molar refractivity (Wildman–Crippen MR) is 78.5 cm³/mol. The highest BCUT2D eigenvalue weighted by Crippen LogP contribution is 2.27. The van der Waals surface area contributed by atoms with Crippen LogP contribution in [0.5, 0.6) is 0 Å². The summed E-state index contributed by atoms with van der Waals surface area (Å²) in [6.45, 7) is 8.43. The van der Waals surface area contributed by atoms with E-state index in [0.29, 0.717) is 6.04 Å². The zero-order valence-electron chi connectivity index (χ0n) is 12.2. The average molecular weight is 284 g/mol. The van der Waals surface area contributed by atoms with Gasteiger partial charge in [0, 0.05) is 24.1 Å². The molecule has 5 nitrogen and oxygen atoms in total. The fraction of sp³-hybridized carbons (Fsp3) is 0.846. The summed E-state index contributed by atoms with van der Waals surface area (Å²) in [6.07, 6.45) is 0. The predicted octanol–water partition coefficient (Wildman–Crippen LogP) is 1.89. The van der Waals surface area contributed by atoms with Gasteiger partial charge in [-0.25, -0.2) is 0 Å². The van der Waals surface area contributed by atoms with Crippen LogP contribution in [-0.4, -0.2) is 52.7 Å². The lowest BCUT2D eigenvalue weighted by Gasteiger charge is -2.29. The molecule has 2 rings (SSSR count). The molecule has 1 N–H and O–H groups in total. The van der Waals surface area contributed by atoms with E-state index in [9.17, 15) is 0 Å². The Morgan fingerprint density at radius 3 is 3.00 bits per heavy atom. The fourth-order valence-corrected chi connectivity index (χ4v) is 3.45. The summed E-state index contributed by atoms with van der Waals surface area (Å²) >= 11 is 1.96. The van der Waals surface area contributed by atoms with Gasteiger partial charge in [-0.3, -0.25) is 4.90 Å². The van der Waals surface area contributed by atoms with Crippen LogP contribution in [0.3, 0.4) is 0 Å². The van der Waals surface area contributed by atoms with Crippen molar-refractivity contribution in [2.24, 2.45) is 0 Å². The van der Waals surface area contributed by atoms with Gasteiger partial charge in [-0.05, 0) is 20.5 Å². The normalized spacial score (nSPS) is 24.3. The maximum Gasteiger partial charge on any atom is 0.231 e. The van der Waals surface area contributed by atoms with Crippen LogP contribution in [0.25, 0.3) is 0 Å². The third kappa shape index (κ3) is 3.49. The molecule has 1 aromatic rings. The number of likely N-dealkylation sites (N-methyl/N-ethyl adjacent to an activating group) is 1. The van der Waals surface area contributed by atoms with E-state index in [1.54, 1.807) is 0 Å². The Morgan fingerprint density at radius 2 is 2.32 bits per heavy atom. The Hall–Kier alpha value is -0.590. The van der Waals surface area contributed by atoms with E-state index >= 15 is 0 Å². The lowest BCUT2D eigenvalue weighted by molar-refractivity contribution is 0.255. The lowest BCUT2D eigenvalue weighted by Crippen LogP contribution is -2.33. The monoisotopic (exact) mass is 284 g/mol. The summed E-state index contributed by atoms with van der Waals surface area (Å²) in [4.78, 5) is 6.92. The number of nitrogens with zero attached hydrogens (tertiary/aromatic N) is 3. The van der Waals surface area contributed by atoms with Gasteiger partial charge >= 0.3 is 0 Å². The van der Waals surface area contributed by atoms with E-state index in [4.69, 9.17) is 4.52 Å². The first-order chi connectivity index (χ1) is 9.13. The first-order valence-corrected chi connectivity index (χ1v) is 8.13. The van der Waals surface area contributed by atoms with Crippen molar-refractivity contribution in [3.8, 4) is 0 Å². The molecule has 19 heavy (non-hydrogen) atoms. The van der Waals surface area contributed by atoms with Crippen molar-refractivity contribution in [3.63, 3.8) is 0 Å². The number of hydrogen-bond acceptors (Lipinski definition) is 6. The fourth-order valence-electron chi connectivity index (χ4n) is 2.24. The number of hydrogen-bond donors (Lipinski definition) is 1. The van der Waals surface area contributed by atoms with Gasteiger partial charge in [0.05, 0.1) is 12.0 Å². The maximum atomic E-state index is 5.46. The molecule has 0 saturated carbocycles. The summed E-state index contributed by atoms with van der Waals surface area (Å²) in [7, 11) is 2.13. The van der Waals surface area contributed by atoms with Crippen molar-refractivity contribution in [2.45, 2.75) is 38.8 Å². The van der Waals surface area contributed by atoms with Crippen LogP contribution >= 0.6 is 11.8 Å². The summed E-state index contributed by atoms with van der Waals surface area (Å²) in [6, 6.07) is 0.634. The summed E-state index contributed by atoms with van der Waals surface area (Å²) in [5.41, 5.74) is 0. The SMILES string of the molecule is CCNC(C)C(C)c1nc(C2CSCCN2C)no1. The van der Waals surface area contributed by atoms with E-state index < -0.39 is 0 Å². The first kappa shape index (κ1) is 14.8. The van der Waals surface area contributed by atoms with Crippen molar-refractivity contribution >= 4 is 11.8 Å². The Kier molecular flexibility index (Phi) is 5.24. The van der Waals surface area contributed by atoms with Crippen molar-refractivity contribution in [2.75, 3.05) is 31.6 Å². The van der Waals surface area contributed by atoms with Gasteiger partial charge in [-0.2, -0.15) is 16.7 Å². The molecule has 3 atom stereocenters. The zero-order chi connectivity index (χ0) is 13.8. The Morgan fingerprint density at radius 1 is 1.53 bits per heavy atom. The number of thioether (sulfide) groups is 1. The molecule has 1 aliphatic rings. The number of rotatable bonds is 5. The second-order valence-corrected chi connectivity index (χ2v) is 6.35. The van der Waals surface area contributed by atoms with E-state index in [0.717, 1.165) is 30.6 Å². The molecular formula is C13H24N4OS. The van der Waals surface area contributed by atoms with Crippen LogP contribution in [0.4, 0.5) is 0 Å². The Labute approximate surface area is 119 Å². The van der Waals surface area contributed by atoms with Gasteiger partial charge in [-0.1, -0.05) is 19.0 Å². The van der Waals surface area contributed by atoms with Crippen LogP contribution in [0.2, 0.25) is 0 Å². The molecule has 0 aliphatic carbocycles. The van der Waals surface area contributed by atoms with Crippen LogP contribution in [-0.2, 0) is 0 Å². The molecule has 6 heteroatoms. The number of nitrogens with one attached hydrogen (secondary N) is 1. The average Bonchev–Trinajstić information content (AvgIpc) is 2.88. The molecule has 108 valence electrons. The molecule has 2 heterocycles. The number of aromatic nitrogens is 2. The molecular weight excluding hydrogens is 260 g/mol. The molecule has 3 unspecified atom stereocenters. The van der Waals surface area contributed by atoms with E-state index in [-0.39, 0.29) is 12.0 Å². The van der Waals surface area contributed by atoms with Crippen LogP contribution in [0, 0.1) is 0 Å². The molecule has 0 bridgehead atoms. The van der Waals surface area contributed by atoms with Crippen molar-refractivity contribution < 1.29 is 4.52 Å². The minimum Gasteiger partial charge on any atom is -0.339 e. The quantitative estimate of drug-likeness (QED) is 0.891. The van der Waals surface area contributed by atoms with E-state index in [1.807, 2.05) is 11.8 Å². The summed E-state index contributed by atoms with van der Waals surface area (Å²) in [5.74, 6) is 4.05. The summed E-state index contributed by atoms with van der Waals surface area (Å²) < 4.78 is 5.46. The van der Waals surface area contributed by atoms with Gasteiger partial charge < -0.3 is 9.84 Å². The molecule has 1 aromatic heterocycles. The molecule has 0 spiro atoms. The van der Waals surface area contributed by atoms with Crippen LogP contribution in [0.15, 0.2) is 4.52 Å². The van der Waals surface area contributed by atoms with E-state index in [1.165, 1.54) is 5.75 Å². The largest absolute Gasteiger partial charge is 0.339 e. The van der Waals surface area contributed by atoms with Gasteiger partial charge in [0.1, 0.15) is 0 Å². The zero-order valence-corrected chi connectivity index (χ0v) is 13.0. The van der Waals surface area contributed by atoms with Gasteiger partial charge in [-0.15, -0.1) is 0 Å². The molecule has 1 fully saturated rings. The highest BCUT2D eigenvalue weighted by Gasteiger charge is 2.27. The molecule has 0 radical (unpaired) electrons. The maximum absolute atomic E-state index is 5.46. The smallest absolute Gasteiger partial charge is 0.231 e. The molecule has 1 saturated heterocycles. The standard InChI is InChI=1S/C13H24N4OS/c1-5-14-10(3)9(2)13-15-12(16-18-13)11-8-19-7-6-17(11)4/h9-11,14H,5-8H2,1-4H3. The lowest BCUT2D eigenvalue weighted by atomic mass is 10.0. The van der Waals surface area contributed by atoms with Crippen LogP contribution < -0.4 is 5.32 Å². The topological polar surface area (TPSA) is 54.2 Å². The van der Waals surface area contributed by atoms with Crippen molar-refractivity contribution in [3.05, 3.63) is 11.7 Å². The van der Waals surface area contributed by atoms with Gasteiger partial charge in [0.2, 0.25) is 5.89 Å². The minimum absolute atomic E-state index is 0.239. The Bertz CT molecular complexity index is 398. The van der Waals surface area contributed by atoms with Gasteiger partial charge in [0.15, 0.2) is 5.82 Å². The molecule has 0 amide bonds. The summed E-state index contributed by atoms with van der Waals surface area (Å²) in [5, 5.41) is 7.58. The molecule has 0 aromatic carbocycles. The third-order valence-electron chi connectivity index (χ3n) is 3.82. The van der Waals surface area contributed by atoms with Gasteiger partial charge in [0.25, 0.3) is 0 Å². The molecule has 1 aliphatic heterocycles. The Balaban J connectivity index is 2.05. The second kappa shape index (κ2) is 6.72. The second-order valence-electron chi connectivity index (χ2n) is 5.20. The minimum atomic E-state index is 0.239. The van der Waals surface area contributed by atoms with Crippen molar-refractivity contribution in [1.29, 1.82) is 0 Å².